The number of rotatable bonds is 5. The van der Waals surface area contributed by atoms with Crippen LogP contribution in [0.15, 0.2) is 30.3 Å². The summed E-state index contributed by atoms with van der Waals surface area (Å²) in [6.45, 7) is 1.23. The maximum Gasteiger partial charge on any atom is 0.236 e. The smallest absolute Gasteiger partial charge is 0.236 e. The highest BCUT2D eigenvalue weighted by Gasteiger charge is 2.35. The molecule has 1 aromatic rings. The molecule has 1 heterocycles. The minimum atomic E-state index is 0.133. The summed E-state index contributed by atoms with van der Waals surface area (Å²) in [6.07, 6.45) is 6.81. The summed E-state index contributed by atoms with van der Waals surface area (Å²) in [7, 11) is 0. The lowest BCUT2D eigenvalue weighted by Crippen LogP contribution is -2.48. The number of carbonyl (C=O) groups excluding carboxylic acids is 1. The van der Waals surface area contributed by atoms with Crippen LogP contribution in [0, 0.1) is 0 Å². The molecule has 0 spiro atoms. The number of nitrogens with one attached hydrogen (secondary N) is 1. The number of amides is 1. The molecule has 1 aliphatic heterocycles. The SMILES string of the molecule is O=C1C[C@H](COCc2ccccc2)N(C2CCCCC2)N1. The number of benzene rings is 1. The molecule has 0 radical (unpaired) electrons. The van der Waals surface area contributed by atoms with Crippen molar-refractivity contribution in [2.75, 3.05) is 6.61 Å². The molecule has 1 amide bonds. The third-order valence-corrected chi connectivity index (χ3v) is 4.46. The highest BCUT2D eigenvalue weighted by Crippen LogP contribution is 2.26. The van der Waals surface area contributed by atoms with Gasteiger partial charge in [-0.3, -0.25) is 10.2 Å². The number of carbonyl (C=O) groups is 1. The molecule has 1 saturated heterocycles. The van der Waals surface area contributed by atoms with E-state index in [9.17, 15) is 4.79 Å². The Morgan fingerprint density at radius 2 is 1.90 bits per heavy atom. The topological polar surface area (TPSA) is 41.6 Å². The first-order valence-corrected chi connectivity index (χ1v) is 8.02. The highest BCUT2D eigenvalue weighted by atomic mass is 16.5. The van der Waals surface area contributed by atoms with Crippen molar-refractivity contribution in [3.8, 4) is 0 Å². The lowest BCUT2D eigenvalue weighted by atomic mass is 9.94. The molecule has 0 aromatic heterocycles. The van der Waals surface area contributed by atoms with Crippen LogP contribution in [0.1, 0.15) is 44.1 Å². The minimum absolute atomic E-state index is 0.133. The van der Waals surface area contributed by atoms with Gasteiger partial charge in [0.1, 0.15) is 0 Å². The van der Waals surface area contributed by atoms with Crippen LogP contribution in [-0.4, -0.2) is 29.6 Å². The minimum Gasteiger partial charge on any atom is -0.375 e. The van der Waals surface area contributed by atoms with E-state index in [1.807, 2.05) is 18.2 Å². The van der Waals surface area contributed by atoms with Gasteiger partial charge in [0.2, 0.25) is 5.91 Å². The Labute approximate surface area is 126 Å². The van der Waals surface area contributed by atoms with Gasteiger partial charge in [0.25, 0.3) is 0 Å². The van der Waals surface area contributed by atoms with Crippen LogP contribution in [0.2, 0.25) is 0 Å². The molecular formula is C17H24N2O2. The van der Waals surface area contributed by atoms with Gasteiger partial charge < -0.3 is 4.74 Å². The van der Waals surface area contributed by atoms with Gasteiger partial charge in [-0.15, -0.1) is 0 Å². The maximum absolute atomic E-state index is 11.7. The second kappa shape index (κ2) is 7.05. The molecule has 1 saturated carbocycles. The Kier molecular flexibility index (Phi) is 4.88. The van der Waals surface area contributed by atoms with E-state index in [2.05, 4.69) is 22.6 Å². The molecule has 1 aromatic carbocycles. The Morgan fingerprint density at radius 3 is 2.67 bits per heavy atom. The van der Waals surface area contributed by atoms with Crippen molar-refractivity contribution in [2.24, 2.45) is 0 Å². The van der Waals surface area contributed by atoms with E-state index < -0.39 is 0 Å². The van der Waals surface area contributed by atoms with Gasteiger partial charge in [-0.2, -0.15) is 0 Å². The van der Waals surface area contributed by atoms with Gasteiger partial charge in [0, 0.05) is 12.5 Å². The number of ether oxygens (including phenoxy) is 1. The Morgan fingerprint density at radius 1 is 1.14 bits per heavy atom. The van der Waals surface area contributed by atoms with E-state index in [1.165, 1.54) is 37.7 Å². The standard InChI is InChI=1S/C17H24N2O2/c20-17-11-16(13-21-12-14-7-3-1-4-8-14)19(18-17)15-9-5-2-6-10-15/h1,3-4,7-8,15-16H,2,5-6,9-13H2,(H,18,20)/t16-/m1/s1. The predicted octanol–water partition coefficient (Wildman–Crippen LogP) is 2.64. The zero-order valence-corrected chi connectivity index (χ0v) is 12.5. The zero-order chi connectivity index (χ0) is 14.5. The van der Waals surface area contributed by atoms with Crippen molar-refractivity contribution in [3.63, 3.8) is 0 Å². The fraction of sp³-hybridized carbons (Fsp3) is 0.588. The largest absolute Gasteiger partial charge is 0.375 e. The fourth-order valence-electron chi connectivity index (χ4n) is 3.37. The fourth-order valence-corrected chi connectivity index (χ4v) is 3.37. The van der Waals surface area contributed by atoms with Crippen LogP contribution in [0.5, 0.6) is 0 Å². The molecule has 1 aliphatic carbocycles. The van der Waals surface area contributed by atoms with E-state index in [0.717, 1.165) is 0 Å². The van der Waals surface area contributed by atoms with Crippen molar-refractivity contribution in [1.29, 1.82) is 0 Å². The van der Waals surface area contributed by atoms with Gasteiger partial charge >= 0.3 is 0 Å². The Bertz CT molecular complexity index is 457. The summed E-state index contributed by atoms with van der Waals surface area (Å²) >= 11 is 0. The number of nitrogens with zero attached hydrogens (tertiary/aromatic N) is 1. The summed E-state index contributed by atoms with van der Waals surface area (Å²) in [5.74, 6) is 0.133. The summed E-state index contributed by atoms with van der Waals surface area (Å²) in [4.78, 5) is 11.7. The normalized spacial score (nSPS) is 24.2. The first kappa shape index (κ1) is 14.5. The number of hydrazine groups is 1. The van der Waals surface area contributed by atoms with Crippen molar-refractivity contribution in [2.45, 2.75) is 57.2 Å². The average molecular weight is 288 g/mol. The lowest BCUT2D eigenvalue weighted by molar-refractivity contribution is -0.121. The molecule has 3 rings (SSSR count). The van der Waals surface area contributed by atoms with E-state index in [1.54, 1.807) is 0 Å². The Hall–Kier alpha value is -1.39. The highest BCUT2D eigenvalue weighted by molar-refractivity contribution is 5.78. The van der Waals surface area contributed by atoms with Crippen LogP contribution >= 0.6 is 0 Å². The Balaban J connectivity index is 1.51. The van der Waals surface area contributed by atoms with Crippen molar-refractivity contribution < 1.29 is 9.53 Å². The van der Waals surface area contributed by atoms with Crippen molar-refractivity contribution >= 4 is 5.91 Å². The molecule has 4 nitrogen and oxygen atoms in total. The van der Waals surface area contributed by atoms with Gasteiger partial charge in [0.15, 0.2) is 0 Å². The van der Waals surface area contributed by atoms with Crippen LogP contribution in [0.3, 0.4) is 0 Å². The molecule has 114 valence electrons. The summed E-state index contributed by atoms with van der Waals surface area (Å²) in [6, 6.07) is 10.9. The van der Waals surface area contributed by atoms with Crippen LogP contribution < -0.4 is 5.43 Å². The molecule has 2 fully saturated rings. The van der Waals surface area contributed by atoms with E-state index in [4.69, 9.17) is 4.74 Å². The molecule has 0 unspecified atom stereocenters. The molecule has 4 heteroatoms. The van der Waals surface area contributed by atoms with Gasteiger partial charge in [-0.1, -0.05) is 49.6 Å². The summed E-state index contributed by atoms with van der Waals surface area (Å²) in [5.41, 5.74) is 4.22. The first-order chi connectivity index (χ1) is 10.3. The molecule has 2 aliphatic rings. The second-order valence-corrected chi connectivity index (χ2v) is 6.09. The molecule has 0 bridgehead atoms. The van der Waals surface area contributed by atoms with Crippen molar-refractivity contribution in [1.82, 2.24) is 10.4 Å². The second-order valence-electron chi connectivity index (χ2n) is 6.09. The first-order valence-electron chi connectivity index (χ1n) is 8.02. The average Bonchev–Trinajstić information content (AvgIpc) is 2.90. The molecule has 1 atom stereocenters. The number of hydrogen-bond acceptors (Lipinski definition) is 3. The third kappa shape index (κ3) is 3.83. The van der Waals surface area contributed by atoms with E-state index >= 15 is 0 Å². The van der Waals surface area contributed by atoms with E-state index in [-0.39, 0.29) is 11.9 Å². The molecular weight excluding hydrogens is 264 g/mol. The van der Waals surface area contributed by atoms with Crippen LogP contribution in [0.4, 0.5) is 0 Å². The monoisotopic (exact) mass is 288 g/mol. The van der Waals surface area contributed by atoms with Crippen molar-refractivity contribution in [3.05, 3.63) is 35.9 Å². The van der Waals surface area contributed by atoms with Crippen LogP contribution in [0.25, 0.3) is 0 Å². The molecule has 1 N–H and O–H groups in total. The van der Waals surface area contributed by atoms with Gasteiger partial charge in [-0.05, 0) is 18.4 Å². The quantitative estimate of drug-likeness (QED) is 0.905. The lowest BCUT2D eigenvalue weighted by Gasteiger charge is -2.34. The summed E-state index contributed by atoms with van der Waals surface area (Å²) in [5, 5.41) is 2.17. The predicted molar refractivity (Wildman–Crippen MR) is 81.4 cm³/mol. The van der Waals surface area contributed by atoms with Gasteiger partial charge in [0.05, 0.1) is 19.3 Å². The third-order valence-electron chi connectivity index (χ3n) is 4.46. The maximum atomic E-state index is 11.7. The number of hydrogen-bond donors (Lipinski definition) is 1. The van der Waals surface area contributed by atoms with Crippen LogP contribution in [-0.2, 0) is 16.1 Å². The zero-order valence-electron chi connectivity index (χ0n) is 12.5. The van der Waals surface area contributed by atoms with E-state index in [0.29, 0.717) is 25.7 Å². The molecule has 21 heavy (non-hydrogen) atoms. The van der Waals surface area contributed by atoms with Gasteiger partial charge in [-0.25, -0.2) is 5.01 Å². The summed E-state index contributed by atoms with van der Waals surface area (Å²) < 4.78 is 5.84.